The first kappa shape index (κ1) is 30.9. The zero-order valence-corrected chi connectivity index (χ0v) is 32.1. The van der Waals surface area contributed by atoms with Crippen LogP contribution in [-0.4, -0.2) is 23.2 Å². The molecule has 0 atom stereocenters. The summed E-state index contributed by atoms with van der Waals surface area (Å²) in [7, 11) is 0. The first-order valence-electron chi connectivity index (χ1n) is 18.2. The van der Waals surface area contributed by atoms with E-state index in [1.165, 1.54) is 10.5 Å². The average Bonchev–Trinajstić information content (AvgIpc) is 3.59. The third kappa shape index (κ3) is 6.39. The third-order valence-electron chi connectivity index (χ3n) is 9.27. The fourth-order valence-corrected chi connectivity index (χ4v) is 6.49. The van der Waals surface area contributed by atoms with Crippen LogP contribution in [0.15, 0.2) is 85.1 Å². The van der Waals surface area contributed by atoms with E-state index in [4.69, 9.17) is 13.8 Å². The topological polar surface area (TPSA) is 33.5 Å². The minimum absolute atomic E-state index is 0. The van der Waals surface area contributed by atoms with E-state index >= 15 is 0 Å². The second-order valence-corrected chi connectivity index (χ2v) is 16.0. The number of hydrogen-bond acceptors (Lipinski definition) is 4. The molecule has 6 aromatic rings. The Balaban J connectivity index is 0.00000464. The van der Waals surface area contributed by atoms with Gasteiger partial charge in [0, 0.05) is 34.3 Å². The molecule has 1 aliphatic heterocycles. The van der Waals surface area contributed by atoms with E-state index in [0.717, 1.165) is 50.1 Å². The molecular formula is C43H46N4OPt. The van der Waals surface area contributed by atoms with Gasteiger partial charge in [0.2, 0.25) is 0 Å². The molecule has 0 saturated heterocycles. The van der Waals surface area contributed by atoms with Gasteiger partial charge < -0.3 is 19.1 Å². The number of benzene rings is 4. The van der Waals surface area contributed by atoms with Gasteiger partial charge in [-0.15, -0.1) is 40.8 Å². The molecule has 0 aliphatic carbocycles. The fourth-order valence-electron chi connectivity index (χ4n) is 6.49. The molecule has 0 bridgehead atoms. The van der Waals surface area contributed by atoms with Crippen LogP contribution in [0.3, 0.4) is 0 Å². The number of aromatic nitrogens is 2. The summed E-state index contributed by atoms with van der Waals surface area (Å²) in [5.41, 5.74) is 6.89. The Morgan fingerprint density at radius 1 is 0.735 bits per heavy atom. The number of nitrogens with zero attached hydrogens (tertiary/aromatic N) is 4. The Labute approximate surface area is 310 Å². The molecule has 0 amide bonds. The van der Waals surface area contributed by atoms with Crippen LogP contribution >= 0.6 is 0 Å². The molecule has 1 aliphatic rings. The molecule has 254 valence electrons. The van der Waals surface area contributed by atoms with E-state index in [2.05, 4.69) is 128 Å². The molecule has 4 aromatic carbocycles. The Kier molecular flexibility index (Phi) is 7.80. The Morgan fingerprint density at radius 3 is 2.12 bits per heavy atom. The number of hydrogen-bond donors (Lipinski definition) is 0. The Morgan fingerprint density at radius 2 is 1.43 bits per heavy atom. The van der Waals surface area contributed by atoms with Gasteiger partial charge in [-0.25, -0.2) is 4.98 Å². The van der Waals surface area contributed by atoms with Gasteiger partial charge in [0.1, 0.15) is 5.82 Å². The van der Waals surface area contributed by atoms with Crippen LogP contribution < -0.4 is 14.5 Å². The van der Waals surface area contributed by atoms with Gasteiger partial charge in [0.15, 0.2) is 0 Å². The van der Waals surface area contributed by atoms with Crippen LogP contribution in [0.5, 0.6) is 11.5 Å². The molecular weight excluding hydrogens is 784 g/mol. The standard InChI is InChI=1S/C43H46N4O.Pt/c1-41(2,3)28-19-20-44-40(23-28)47-35-16-12-11-15-32(35)33-25-34(43(7,8)9)39(26-38(33)47)48-31-22-29(42(4,5)6)21-30(24-31)46-27-45(10)36-17-13-14-18-37(36)46;/h11-23,25H,27H2,1-10H3;/q-2;+2/i10D3;. The summed E-state index contributed by atoms with van der Waals surface area (Å²) in [5, 5.41) is 2.20. The summed E-state index contributed by atoms with van der Waals surface area (Å²) in [4.78, 5) is 8.33. The normalized spacial score (nSPS) is 14.8. The molecule has 49 heavy (non-hydrogen) atoms. The van der Waals surface area contributed by atoms with Crippen molar-refractivity contribution in [1.29, 1.82) is 0 Å². The Hall–Kier alpha value is -4.08. The van der Waals surface area contributed by atoms with E-state index in [0.29, 0.717) is 17.2 Å². The maximum absolute atomic E-state index is 8.24. The van der Waals surface area contributed by atoms with Gasteiger partial charge in [0.25, 0.3) is 0 Å². The van der Waals surface area contributed by atoms with Gasteiger partial charge in [-0.05, 0) is 52.1 Å². The molecule has 5 nitrogen and oxygen atoms in total. The first-order valence-corrected chi connectivity index (χ1v) is 16.7. The van der Waals surface area contributed by atoms with Crippen LogP contribution in [0.25, 0.3) is 27.6 Å². The second-order valence-electron chi connectivity index (χ2n) is 16.0. The van der Waals surface area contributed by atoms with Crippen LogP contribution in [0.2, 0.25) is 0 Å². The maximum Gasteiger partial charge on any atom is 2.00 e. The fraction of sp³-hybridized carbons (Fsp3) is 0.326. The Bertz CT molecular complexity index is 2290. The van der Waals surface area contributed by atoms with Crippen LogP contribution in [-0.2, 0) is 37.3 Å². The van der Waals surface area contributed by atoms with Crippen molar-refractivity contribution >= 4 is 38.9 Å². The minimum Gasteiger partial charge on any atom is -0.509 e. The van der Waals surface area contributed by atoms with Crippen molar-refractivity contribution in [1.82, 2.24) is 9.55 Å². The smallest absolute Gasteiger partial charge is 0.509 e. The number of para-hydroxylation sites is 3. The van der Waals surface area contributed by atoms with Crippen molar-refractivity contribution in [3.63, 3.8) is 0 Å². The summed E-state index contributed by atoms with van der Waals surface area (Å²) in [5.74, 6) is 1.98. The molecule has 0 spiro atoms. The van der Waals surface area contributed by atoms with Crippen LogP contribution in [0.4, 0.5) is 17.1 Å². The molecule has 2 aromatic heterocycles. The van der Waals surface area contributed by atoms with Crippen molar-refractivity contribution in [3.05, 3.63) is 114 Å². The molecule has 0 radical (unpaired) electrons. The number of anilines is 3. The van der Waals surface area contributed by atoms with Crippen molar-refractivity contribution < 1.29 is 29.9 Å². The van der Waals surface area contributed by atoms with Gasteiger partial charge in [-0.2, -0.15) is 6.07 Å². The van der Waals surface area contributed by atoms with E-state index in [1.807, 2.05) is 41.4 Å². The molecule has 0 fully saturated rings. The van der Waals surface area contributed by atoms with Crippen molar-refractivity contribution in [2.45, 2.75) is 78.6 Å². The molecule has 0 unspecified atom stereocenters. The van der Waals surface area contributed by atoms with Gasteiger partial charge in [-0.3, -0.25) is 0 Å². The summed E-state index contributed by atoms with van der Waals surface area (Å²) in [6, 6.07) is 34.0. The number of pyridine rings is 1. The summed E-state index contributed by atoms with van der Waals surface area (Å²) in [6.07, 6.45) is 1.88. The molecule has 3 heterocycles. The predicted molar refractivity (Wildman–Crippen MR) is 201 cm³/mol. The zero-order valence-electron chi connectivity index (χ0n) is 32.8. The second kappa shape index (κ2) is 12.4. The van der Waals surface area contributed by atoms with E-state index in [-0.39, 0.29) is 44.0 Å². The summed E-state index contributed by atoms with van der Waals surface area (Å²) in [6.45, 7) is 17.6. The number of ether oxygens (including phenoxy) is 1. The molecule has 0 saturated carbocycles. The van der Waals surface area contributed by atoms with Crippen molar-refractivity contribution in [3.8, 4) is 17.3 Å². The van der Waals surface area contributed by atoms with Crippen LogP contribution in [0, 0.1) is 12.1 Å². The van der Waals surface area contributed by atoms with Crippen molar-refractivity contribution in [2.24, 2.45) is 0 Å². The van der Waals surface area contributed by atoms with Crippen molar-refractivity contribution in [2.75, 3.05) is 23.4 Å². The molecule has 7 rings (SSSR count). The maximum atomic E-state index is 8.24. The summed E-state index contributed by atoms with van der Waals surface area (Å²) < 4.78 is 33.8. The third-order valence-corrected chi connectivity index (χ3v) is 9.27. The first-order chi connectivity index (χ1) is 23.8. The number of fused-ring (bicyclic) bond motifs is 4. The largest absolute Gasteiger partial charge is 2.00 e. The SMILES string of the molecule is [2H]C([2H])([2H])N1CN(c2[c-]c(Oc3[c-]c4c(cc3C(C)(C)C)c3ccccc3n4-c3cc(C(C)(C)C)ccn3)cc(C(C)(C)C)c2)c2ccccc21.[Pt+2]. The van der Waals surface area contributed by atoms with Gasteiger partial charge in [0.05, 0.1) is 18.0 Å². The van der Waals surface area contributed by atoms with E-state index < -0.39 is 6.98 Å². The van der Waals surface area contributed by atoms with Crippen LogP contribution in [0.1, 0.15) is 83.1 Å². The molecule has 0 N–H and O–H groups in total. The predicted octanol–water partition coefficient (Wildman–Crippen LogP) is 11.0. The summed E-state index contributed by atoms with van der Waals surface area (Å²) >= 11 is 0. The minimum atomic E-state index is -2.29. The average molecular weight is 833 g/mol. The number of rotatable bonds is 4. The van der Waals surface area contributed by atoms with E-state index in [1.54, 1.807) is 0 Å². The quantitative estimate of drug-likeness (QED) is 0.166. The monoisotopic (exact) mass is 832 g/mol. The van der Waals surface area contributed by atoms with Gasteiger partial charge in [-0.1, -0.05) is 109 Å². The van der Waals surface area contributed by atoms with E-state index in [9.17, 15) is 0 Å². The molecule has 6 heteroatoms. The van der Waals surface area contributed by atoms with Gasteiger partial charge >= 0.3 is 21.1 Å². The zero-order chi connectivity index (χ0) is 36.7.